The van der Waals surface area contributed by atoms with Crippen molar-refractivity contribution in [3.8, 4) is 0 Å². The van der Waals surface area contributed by atoms with E-state index in [4.69, 9.17) is 22.1 Å². The van der Waals surface area contributed by atoms with E-state index < -0.39 is 11.9 Å². The summed E-state index contributed by atoms with van der Waals surface area (Å²) < 4.78 is 6.46. The Morgan fingerprint density at radius 3 is 2.57 bits per heavy atom. The zero-order valence-electron chi connectivity index (χ0n) is 11.3. The van der Waals surface area contributed by atoms with Crippen molar-refractivity contribution in [3.63, 3.8) is 0 Å². The van der Waals surface area contributed by atoms with Gasteiger partial charge < -0.3 is 20.4 Å². The minimum atomic E-state index is -0.611. The molecule has 1 aromatic heterocycles. The zero-order chi connectivity index (χ0) is 15.4. The van der Waals surface area contributed by atoms with E-state index in [0.29, 0.717) is 16.4 Å². The van der Waals surface area contributed by atoms with Crippen LogP contribution in [-0.4, -0.2) is 23.1 Å². The molecule has 0 spiro atoms. The van der Waals surface area contributed by atoms with E-state index in [9.17, 15) is 9.59 Å². The van der Waals surface area contributed by atoms with Crippen LogP contribution >= 0.6 is 11.6 Å². The number of halogens is 1. The number of benzene rings is 1. The molecule has 7 heteroatoms. The van der Waals surface area contributed by atoms with E-state index in [1.54, 1.807) is 37.5 Å². The maximum absolute atomic E-state index is 11.8. The fourth-order valence-electron chi connectivity index (χ4n) is 1.73. The summed E-state index contributed by atoms with van der Waals surface area (Å²) in [5.74, 6) is -1.05. The number of nitrogens with zero attached hydrogens (tertiary/aromatic N) is 1. The van der Waals surface area contributed by atoms with Gasteiger partial charge in [0, 0.05) is 24.0 Å². The van der Waals surface area contributed by atoms with Crippen LogP contribution in [0.15, 0.2) is 36.5 Å². The van der Waals surface area contributed by atoms with Crippen LogP contribution in [0.3, 0.4) is 0 Å². The molecule has 2 aromatic rings. The number of aryl methyl sites for hydroxylation is 1. The third kappa shape index (κ3) is 4.00. The first-order chi connectivity index (χ1) is 9.95. The van der Waals surface area contributed by atoms with Crippen LogP contribution in [0, 0.1) is 0 Å². The molecule has 0 bridgehead atoms. The summed E-state index contributed by atoms with van der Waals surface area (Å²) in [5, 5.41) is 3.16. The van der Waals surface area contributed by atoms with Gasteiger partial charge in [-0.25, -0.2) is 4.79 Å². The molecular formula is C14H14ClN3O3. The summed E-state index contributed by atoms with van der Waals surface area (Å²) in [7, 11) is 1.67. The molecule has 0 radical (unpaired) electrons. The Hall–Kier alpha value is -2.47. The number of carbonyl (C=O) groups is 2. The summed E-state index contributed by atoms with van der Waals surface area (Å²) in [6.07, 6.45) is 1.59. The molecule has 21 heavy (non-hydrogen) atoms. The first-order valence-corrected chi connectivity index (χ1v) is 6.48. The van der Waals surface area contributed by atoms with Gasteiger partial charge in [-0.2, -0.15) is 0 Å². The van der Waals surface area contributed by atoms with Crippen molar-refractivity contribution in [2.75, 3.05) is 17.7 Å². The fourth-order valence-corrected chi connectivity index (χ4v) is 1.85. The standard InChI is InChI=1S/C14H14ClN3O3/c1-18-7-10(16)6-12(18)14(20)21-8-13(19)17-11-4-2-9(15)3-5-11/h2-7H,8,16H2,1H3,(H,17,19). The minimum absolute atomic E-state index is 0.284. The van der Waals surface area contributed by atoms with Gasteiger partial charge in [0.25, 0.3) is 5.91 Å². The lowest BCUT2D eigenvalue weighted by atomic mass is 10.3. The van der Waals surface area contributed by atoms with Gasteiger partial charge in [-0.3, -0.25) is 4.79 Å². The molecule has 0 atom stereocenters. The lowest BCUT2D eigenvalue weighted by Gasteiger charge is -2.07. The van der Waals surface area contributed by atoms with Crippen LogP contribution in [0.1, 0.15) is 10.5 Å². The Balaban J connectivity index is 1.88. The topological polar surface area (TPSA) is 86.3 Å². The van der Waals surface area contributed by atoms with Crippen LogP contribution in [0.25, 0.3) is 0 Å². The fraction of sp³-hybridized carbons (Fsp3) is 0.143. The van der Waals surface area contributed by atoms with Gasteiger partial charge >= 0.3 is 5.97 Å². The average molecular weight is 308 g/mol. The van der Waals surface area contributed by atoms with E-state index in [2.05, 4.69) is 5.32 Å². The maximum Gasteiger partial charge on any atom is 0.355 e. The van der Waals surface area contributed by atoms with Gasteiger partial charge in [-0.1, -0.05) is 11.6 Å². The van der Waals surface area contributed by atoms with Crippen molar-refractivity contribution < 1.29 is 14.3 Å². The molecule has 6 nitrogen and oxygen atoms in total. The van der Waals surface area contributed by atoms with E-state index in [1.165, 1.54) is 10.6 Å². The summed E-state index contributed by atoms with van der Waals surface area (Å²) in [6, 6.07) is 8.09. The third-order valence-corrected chi connectivity index (χ3v) is 2.95. The van der Waals surface area contributed by atoms with Gasteiger partial charge in [0.05, 0.1) is 5.69 Å². The number of amides is 1. The SMILES string of the molecule is Cn1cc(N)cc1C(=O)OCC(=O)Nc1ccc(Cl)cc1. The first-order valence-electron chi connectivity index (χ1n) is 6.10. The Labute approximate surface area is 126 Å². The molecule has 1 heterocycles. The smallest absolute Gasteiger partial charge is 0.355 e. The Morgan fingerprint density at radius 1 is 1.33 bits per heavy atom. The predicted octanol–water partition coefficient (Wildman–Crippen LogP) is 2.06. The van der Waals surface area contributed by atoms with Gasteiger partial charge in [0.2, 0.25) is 0 Å². The highest BCUT2D eigenvalue weighted by atomic mass is 35.5. The summed E-state index contributed by atoms with van der Waals surface area (Å²) >= 11 is 5.74. The number of ether oxygens (including phenoxy) is 1. The number of hydrogen-bond acceptors (Lipinski definition) is 4. The second-order valence-electron chi connectivity index (χ2n) is 4.40. The Bertz CT molecular complexity index is 665. The van der Waals surface area contributed by atoms with Gasteiger partial charge in [-0.05, 0) is 30.3 Å². The summed E-state index contributed by atoms with van der Waals surface area (Å²) in [6.45, 7) is -0.382. The van der Waals surface area contributed by atoms with Crippen molar-refractivity contribution in [3.05, 3.63) is 47.2 Å². The number of esters is 1. The van der Waals surface area contributed by atoms with Gasteiger partial charge in [0.1, 0.15) is 5.69 Å². The molecule has 0 aliphatic heterocycles. The molecule has 0 fully saturated rings. The van der Waals surface area contributed by atoms with Gasteiger partial charge in [-0.15, -0.1) is 0 Å². The highest BCUT2D eigenvalue weighted by Gasteiger charge is 2.14. The van der Waals surface area contributed by atoms with Crippen molar-refractivity contribution >= 4 is 34.9 Å². The number of nitrogens with one attached hydrogen (secondary N) is 1. The third-order valence-electron chi connectivity index (χ3n) is 2.70. The number of nitrogens with two attached hydrogens (primary N) is 1. The maximum atomic E-state index is 11.8. The van der Waals surface area contributed by atoms with Crippen LogP contribution < -0.4 is 11.1 Å². The number of nitrogen functional groups attached to an aromatic ring is 1. The molecule has 1 aromatic carbocycles. The predicted molar refractivity (Wildman–Crippen MR) is 80.2 cm³/mol. The Morgan fingerprint density at radius 2 is 2.00 bits per heavy atom. The van der Waals surface area contributed by atoms with Crippen LogP contribution in [0.4, 0.5) is 11.4 Å². The highest BCUT2D eigenvalue weighted by Crippen LogP contribution is 2.13. The van der Waals surface area contributed by atoms with E-state index in [1.807, 2.05) is 0 Å². The van der Waals surface area contributed by atoms with Crippen molar-refractivity contribution in [2.45, 2.75) is 0 Å². The van der Waals surface area contributed by atoms with Gasteiger partial charge in [0.15, 0.2) is 6.61 Å². The molecular weight excluding hydrogens is 294 g/mol. The van der Waals surface area contributed by atoms with E-state index in [0.717, 1.165) is 0 Å². The molecule has 0 unspecified atom stereocenters. The molecule has 0 saturated carbocycles. The first kappa shape index (κ1) is 14.9. The highest BCUT2D eigenvalue weighted by molar-refractivity contribution is 6.30. The van der Waals surface area contributed by atoms with E-state index in [-0.39, 0.29) is 12.3 Å². The Kier molecular flexibility index (Phi) is 4.49. The van der Waals surface area contributed by atoms with Crippen LogP contribution in [0.2, 0.25) is 5.02 Å². The molecule has 110 valence electrons. The summed E-state index contributed by atoms with van der Waals surface area (Å²) in [4.78, 5) is 23.5. The van der Waals surface area contributed by atoms with Crippen LogP contribution in [0.5, 0.6) is 0 Å². The largest absolute Gasteiger partial charge is 0.451 e. The van der Waals surface area contributed by atoms with Crippen molar-refractivity contribution in [1.82, 2.24) is 4.57 Å². The minimum Gasteiger partial charge on any atom is -0.451 e. The van der Waals surface area contributed by atoms with Crippen molar-refractivity contribution in [2.24, 2.45) is 7.05 Å². The van der Waals surface area contributed by atoms with E-state index >= 15 is 0 Å². The molecule has 0 aliphatic carbocycles. The lowest BCUT2D eigenvalue weighted by Crippen LogP contribution is -2.21. The second-order valence-corrected chi connectivity index (χ2v) is 4.84. The van der Waals surface area contributed by atoms with Crippen molar-refractivity contribution in [1.29, 1.82) is 0 Å². The monoisotopic (exact) mass is 307 g/mol. The summed E-state index contributed by atoms with van der Waals surface area (Å²) in [5.41, 5.74) is 6.88. The molecule has 2 rings (SSSR count). The number of hydrogen-bond donors (Lipinski definition) is 2. The number of rotatable bonds is 4. The number of anilines is 2. The molecule has 0 saturated heterocycles. The average Bonchev–Trinajstić information content (AvgIpc) is 2.78. The zero-order valence-corrected chi connectivity index (χ0v) is 12.1. The molecule has 0 aliphatic rings. The number of carbonyl (C=O) groups excluding carboxylic acids is 2. The lowest BCUT2D eigenvalue weighted by molar-refractivity contribution is -0.119. The van der Waals surface area contributed by atoms with Crippen LogP contribution in [-0.2, 0) is 16.6 Å². The second kappa shape index (κ2) is 6.32. The number of aromatic nitrogens is 1. The normalized spacial score (nSPS) is 10.2. The molecule has 3 N–H and O–H groups in total. The molecule has 1 amide bonds. The quantitative estimate of drug-likeness (QED) is 0.846.